The third kappa shape index (κ3) is 6.48. The maximum Gasteiger partial charge on any atom is 0.404 e. The highest BCUT2D eigenvalue weighted by Crippen LogP contribution is 2.34. The van der Waals surface area contributed by atoms with Crippen LogP contribution in [0.3, 0.4) is 0 Å². The molecular weight excluding hydrogens is 588 g/mol. The smallest absolute Gasteiger partial charge is 0.404 e. The van der Waals surface area contributed by atoms with Gasteiger partial charge in [-0.2, -0.15) is 0 Å². The SMILES string of the molecule is COc1ccc(CN2C(=O)CCC(n3c(=O)n(C)c4c(N5CCC(CCN6CCC(OC(N)=O)CC6)CC5)cccc43)C2=O)cc1. The molecule has 1 unspecified atom stereocenters. The summed E-state index contributed by atoms with van der Waals surface area (Å²) >= 11 is 0. The average molecular weight is 633 g/mol. The number of para-hydroxylation sites is 1. The molecule has 2 N–H and O–H groups in total. The Morgan fingerprint density at radius 3 is 2.33 bits per heavy atom. The van der Waals surface area contributed by atoms with Gasteiger partial charge in [-0.25, -0.2) is 9.59 Å². The van der Waals surface area contributed by atoms with Crippen LogP contribution in [0, 0.1) is 5.92 Å². The van der Waals surface area contributed by atoms with Crippen molar-refractivity contribution >= 4 is 34.6 Å². The number of rotatable bonds is 9. The predicted octanol–water partition coefficient (Wildman–Crippen LogP) is 3.41. The van der Waals surface area contributed by atoms with Crippen molar-refractivity contribution in [2.75, 3.05) is 44.7 Å². The van der Waals surface area contributed by atoms with E-state index in [1.54, 1.807) is 35.4 Å². The van der Waals surface area contributed by atoms with Crippen molar-refractivity contribution in [2.24, 2.45) is 18.7 Å². The zero-order valence-electron chi connectivity index (χ0n) is 26.7. The van der Waals surface area contributed by atoms with Crippen LogP contribution in [0.25, 0.3) is 11.0 Å². The van der Waals surface area contributed by atoms with Gasteiger partial charge in [0.15, 0.2) is 0 Å². The van der Waals surface area contributed by atoms with Crippen LogP contribution in [0.1, 0.15) is 56.6 Å². The number of amides is 3. The summed E-state index contributed by atoms with van der Waals surface area (Å²) in [6.45, 7) is 4.81. The molecule has 2 aromatic carbocycles. The molecule has 0 radical (unpaired) electrons. The molecule has 3 aliphatic rings. The summed E-state index contributed by atoms with van der Waals surface area (Å²) in [6, 6.07) is 12.5. The zero-order chi connectivity index (χ0) is 32.4. The molecule has 3 aromatic rings. The molecule has 3 saturated heterocycles. The van der Waals surface area contributed by atoms with Gasteiger partial charge in [0.1, 0.15) is 17.9 Å². The fourth-order valence-electron chi connectivity index (χ4n) is 7.36. The number of likely N-dealkylation sites (tertiary alicyclic amines) is 2. The van der Waals surface area contributed by atoms with Crippen molar-refractivity contribution < 1.29 is 23.9 Å². The Kier molecular flexibility index (Phi) is 9.34. The topological polar surface area (TPSA) is 132 Å². The van der Waals surface area contributed by atoms with Crippen LogP contribution in [-0.4, -0.2) is 82.8 Å². The minimum atomic E-state index is -0.749. The largest absolute Gasteiger partial charge is 0.497 e. The number of aromatic nitrogens is 2. The fraction of sp³-hybridized carbons (Fsp3) is 0.529. The molecule has 4 heterocycles. The lowest BCUT2D eigenvalue weighted by atomic mass is 9.92. The molecule has 12 heteroatoms. The summed E-state index contributed by atoms with van der Waals surface area (Å²) in [5.41, 5.74) is 8.27. The molecule has 46 heavy (non-hydrogen) atoms. The Bertz CT molecular complexity index is 1630. The van der Waals surface area contributed by atoms with Crippen molar-refractivity contribution in [3.8, 4) is 5.75 Å². The van der Waals surface area contributed by atoms with E-state index in [9.17, 15) is 19.2 Å². The highest BCUT2D eigenvalue weighted by Gasteiger charge is 2.38. The molecule has 3 fully saturated rings. The molecule has 0 spiro atoms. The predicted molar refractivity (Wildman–Crippen MR) is 174 cm³/mol. The van der Waals surface area contributed by atoms with Gasteiger partial charge in [-0.15, -0.1) is 0 Å². The van der Waals surface area contributed by atoms with E-state index in [1.807, 2.05) is 24.3 Å². The van der Waals surface area contributed by atoms with Gasteiger partial charge in [0.05, 0.1) is 30.4 Å². The molecule has 6 rings (SSSR count). The number of fused-ring (bicyclic) bond motifs is 1. The number of nitrogens with zero attached hydrogens (tertiary/aromatic N) is 5. The summed E-state index contributed by atoms with van der Waals surface area (Å²) in [4.78, 5) is 57.6. The van der Waals surface area contributed by atoms with Gasteiger partial charge in [-0.1, -0.05) is 18.2 Å². The number of primary amides is 1. The van der Waals surface area contributed by atoms with Crippen LogP contribution in [0.2, 0.25) is 0 Å². The number of piperidine rings is 3. The van der Waals surface area contributed by atoms with E-state index in [2.05, 4.69) is 15.9 Å². The maximum atomic E-state index is 13.8. The van der Waals surface area contributed by atoms with Crippen LogP contribution < -0.4 is 21.1 Å². The number of hydrogen-bond donors (Lipinski definition) is 1. The van der Waals surface area contributed by atoms with E-state index in [0.29, 0.717) is 23.6 Å². The third-order valence-corrected chi connectivity index (χ3v) is 10.0. The Morgan fingerprint density at radius 1 is 0.935 bits per heavy atom. The minimum absolute atomic E-state index is 0.0671. The molecule has 3 aliphatic heterocycles. The van der Waals surface area contributed by atoms with E-state index >= 15 is 0 Å². The number of nitrogens with two attached hydrogens (primary N) is 1. The summed E-state index contributed by atoms with van der Waals surface area (Å²) in [7, 11) is 3.36. The quantitative estimate of drug-likeness (QED) is 0.355. The third-order valence-electron chi connectivity index (χ3n) is 10.0. The van der Waals surface area contributed by atoms with Gasteiger partial charge < -0.3 is 25.0 Å². The minimum Gasteiger partial charge on any atom is -0.497 e. The number of ether oxygens (including phenoxy) is 2. The van der Waals surface area contributed by atoms with E-state index in [1.165, 1.54) is 4.90 Å². The normalized spacial score (nSPS) is 20.4. The first-order valence-electron chi connectivity index (χ1n) is 16.3. The van der Waals surface area contributed by atoms with Crippen LogP contribution in [0.15, 0.2) is 47.3 Å². The van der Waals surface area contributed by atoms with Gasteiger partial charge in [-0.3, -0.25) is 23.6 Å². The molecule has 246 valence electrons. The Balaban J connectivity index is 1.13. The van der Waals surface area contributed by atoms with Gasteiger partial charge in [0.25, 0.3) is 5.91 Å². The lowest BCUT2D eigenvalue weighted by Crippen LogP contribution is -2.47. The van der Waals surface area contributed by atoms with Gasteiger partial charge in [0, 0.05) is 39.6 Å². The van der Waals surface area contributed by atoms with E-state index in [-0.39, 0.29) is 36.6 Å². The zero-order valence-corrected chi connectivity index (χ0v) is 26.7. The fourth-order valence-corrected chi connectivity index (χ4v) is 7.36. The molecular formula is C34H44N6O6. The van der Waals surface area contributed by atoms with Crippen molar-refractivity contribution in [1.82, 2.24) is 18.9 Å². The van der Waals surface area contributed by atoms with Gasteiger partial charge >= 0.3 is 11.8 Å². The number of benzene rings is 2. The standard InChI is InChI=1S/C34H44N6O6/c1-36-31-27(38-20-13-23(14-21-38)12-17-37-18-15-26(16-19-37)46-33(35)43)4-3-5-28(31)40(34(36)44)29-10-11-30(41)39(32(29)42)22-24-6-8-25(45-2)9-7-24/h3-9,23,26,29H,10-22H2,1-2H3,(H2,35,43). The number of methoxy groups -OCH3 is 1. The maximum absolute atomic E-state index is 13.8. The number of aryl methyl sites for hydroxylation is 1. The summed E-state index contributed by atoms with van der Waals surface area (Å²) < 4.78 is 13.6. The highest BCUT2D eigenvalue weighted by molar-refractivity contribution is 6.00. The number of anilines is 1. The van der Waals surface area contributed by atoms with Crippen molar-refractivity contribution in [1.29, 1.82) is 0 Å². The summed E-state index contributed by atoms with van der Waals surface area (Å²) in [5, 5.41) is 0. The van der Waals surface area contributed by atoms with E-state index < -0.39 is 12.1 Å². The average Bonchev–Trinajstić information content (AvgIpc) is 3.32. The second-order valence-electron chi connectivity index (χ2n) is 12.8. The number of carbonyl (C=O) groups excluding carboxylic acids is 3. The second-order valence-corrected chi connectivity index (χ2v) is 12.8. The first-order valence-corrected chi connectivity index (χ1v) is 16.3. The molecule has 12 nitrogen and oxygen atoms in total. The monoisotopic (exact) mass is 632 g/mol. The lowest BCUT2D eigenvalue weighted by molar-refractivity contribution is -0.151. The number of carbonyl (C=O) groups is 3. The van der Waals surface area contributed by atoms with E-state index in [0.717, 1.165) is 81.6 Å². The Labute approximate surface area is 268 Å². The van der Waals surface area contributed by atoms with Crippen LogP contribution in [0.5, 0.6) is 5.75 Å². The van der Waals surface area contributed by atoms with Crippen molar-refractivity contribution in [3.05, 3.63) is 58.5 Å². The molecule has 0 bridgehead atoms. The van der Waals surface area contributed by atoms with Gasteiger partial charge in [-0.05, 0) is 80.8 Å². The molecule has 0 aliphatic carbocycles. The van der Waals surface area contributed by atoms with Crippen molar-refractivity contribution in [2.45, 2.75) is 63.6 Å². The van der Waals surface area contributed by atoms with Gasteiger partial charge in [0.2, 0.25) is 5.91 Å². The second kappa shape index (κ2) is 13.6. The van der Waals surface area contributed by atoms with Crippen molar-refractivity contribution in [3.63, 3.8) is 0 Å². The van der Waals surface area contributed by atoms with Crippen LogP contribution >= 0.6 is 0 Å². The first kappa shape index (κ1) is 31.7. The van der Waals surface area contributed by atoms with Crippen LogP contribution in [0.4, 0.5) is 10.5 Å². The number of imidazole rings is 1. The highest BCUT2D eigenvalue weighted by atomic mass is 16.6. The Hall–Kier alpha value is -4.32. The summed E-state index contributed by atoms with van der Waals surface area (Å²) in [6.07, 6.45) is 4.64. The summed E-state index contributed by atoms with van der Waals surface area (Å²) in [5.74, 6) is 0.747. The molecule has 3 amide bonds. The molecule has 0 saturated carbocycles. The number of imide groups is 1. The first-order chi connectivity index (χ1) is 22.2. The molecule has 1 atom stereocenters. The van der Waals surface area contributed by atoms with E-state index in [4.69, 9.17) is 15.2 Å². The number of hydrogen-bond acceptors (Lipinski definition) is 8. The lowest BCUT2D eigenvalue weighted by Gasteiger charge is -2.36. The Morgan fingerprint density at radius 2 is 1.65 bits per heavy atom. The van der Waals surface area contributed by atoms with Crippen LogP contribution in [-0.2, 0) is 27.9 Å². The molecule has 1 aromatic heterocycles.